The molecule has 0 saturated carbocycles. The van der Waals surface area contributed by atoms with Crippen molar-refractivity contribution in [1.29, 1.82) is 0 Å². The van der Waals surface area contributed by atoms with Gasteiger partial charge in [-0.3, -0.25) is 0 Å². The molecule has 6 nitrogen and oxygen atoms in total. The summed E-state index contributed by atoms with van der Waals surface area (Å²) in [6.07, 6.45) is 1.90. The Morgan fingerprint density at radius 2 is 1.57 bits per heavy atom. The van der Waals surface area contributed by atoms with Crippen molar-refractivity contribution < 1.29 is 28.7 Å². The maximum atomic E-state index is 11.9. The van der Waals surface area contributed by atoms with E-state index in [1.54, 1.807) is 19.9 Å². The molecule has 21 heavy (non-hydrogen) atoms. The minimum absolute atomic E-state index is 0.0853. The van der Waals surface area contributed by atoms with E-state index in [1.807, 2.05) is 0 Å². The molecule has 108 valence electrons. The number of carbonyl (C=O) groups excluding carboxylic acids is 4. The van der Waals surface area contributed by atoms with Gasteiger partial charge in [-0.05, 0) is 24.8 Å². The van der Waals surface area contributed by atoms with Crippen LogP contribution in [0.3, 0.4) is 0 Å². The summed E-state index contributed by atoms with van der Waals surface area (Å²) in [5.74, 6) is -3.11. The predicted molar refractivity (Wildman–Crippen MR) is 68.4 cm³/mol. The van der Waals surface area contributed by atoms with Gasteiger partial charge in [-0.25, -0.2) is 19.2 Å². The van der Waals surface area contributed by atoms with Crippen molar-refractivity contribution in [3.8, 4) is 0 Å². The van der Waals surface area contributed by atoms with Crippen LogP contribution in [0.5, 0.6) is 0 Å². The molecule has 2 aliphatic heterocycles. The average Bonchev–Trinajstić information content (AvgIpc) is 2.82. The number of hydrogen-bond donors (Lipinski definition) is 0. The molecule has 1 aliphatic carbocycles. The molecule has 0 radical (unpaired) electrons. The van der Waals surface area contributed by atoms with Gasteiger partial charge in [0.25, 0.3) is 0 Å². The monoisotopic (exact) mass is 288 g/mol. The molecule has 0 saturated heterocycles. The number of allylic oxidation sites excluding steroid dienone is 1. The van der Waals surface area contributed by atoms with Crippen LogP contribution < -0.4 is 0 Å². The lowest BCUT2D eigenvalue weighted by Gasteiger charge is -2.16. The molecule has 0 N–H and O–H groups in total. The Labute approximate surface area is 120 Å². The fourth-order valence-corrected chi connectivity index (χ4v) is 2.97. The number of ether oxygens (including phenoxy) is 2. The highest BCUT2D eigenvalue weighted by Gasteiger charge is 2.43. The first-order valence-electron chi connectivity index (χ1n) is 6.58. The van der Waals surface area contributed by atoms with Crippen molar-refractivity contribution >= 4 is 23.9 Å². The molecule has 2 heterocycles. The standard InChI is InChI=1S/C15H12O6/c1-3-7-5-9-10(14(18)20-13(9)17)6(2)4-8-11(7)15(19)21-12(8)16/h3,6H,4-5H2,1-2H3/b7-3+. The molecular formula is C15H12O6. The summed E-state index contributed by atoms with van der Waals surface area (Å²) < 4.78 is 9.32. The van der Waals surface area contributed by atoms with Crippen LogP contribution in [0, 0.1) is 5.92 Å². The van der Waals surface area contributed by atoms with Crippen molar-refractivity contribution in [1.82, 2.24) is 0 Å². The Balaban J connectivity index is 2.16. The maximum absolute atomic E-state index is 11.9. The topological polar surface area (TPSA) is 86.7 Å². The second kappa shape index (κ2) is 4.51. The van der Waals surface area contributed by atoms with Gasteiger partial charge >= 0.3 is 23.9 Å². The fourth-order valence-electron chi connectivity index (χ4n) is 2.97. The van der Waals surface area contributed by atoms with Gasteiger partial charge in [-0.15, -0.1) is 0 Å². The number of cyclic esters (lactones) is 4. The lowest BCUT2D eigenvalue weighted by atomic mass is 9.82. The SMILES string of the molecule is C/C=C1\CC2=C(C(=O)OC2=O)C(C)CC2=C1C(=O)OC2=O. The molecule has 0 spiro atoms. The molecule has 6 heteroatoms. The van der Waals surface area contributed by atoms with E-state index in [4.69, 9.17) is 0 Å². The van der Waals surface area contributed by atoms with Crippen LogP contribution in [-0.4, -0.2) is 23.9 Å². The number of hydrogen-bond acceptors (Lipinski definition) is 6. The smallest absolute Gasteiger partial charge is 0.346 e. The first-order chi connectivity index (χ1) is 9.93. The zero-order chi connectivity index (χ0) is 15.3. The van der Waals surface area contributed by atoms with Crippen LogP contribution in [0.2, 0.25) is 0 Å². The van der Waals surface area contributed by atoms with Crippen LogP contribution in [0.15, 0.2) is 33.9 Å². The molecule has 1 atom stereocenters. The Morgan fingerprint density at radius 3 is 2.24 bits per heavy atom. The van der Waals surface area contributed by atoms with Crippen LogP contribution >= 0.6 is 0 Å². The number of rotatable bonds is 0. The fraction of sp³-hybridized carbons (Fsp3) is 0.333. The lowest BCUT2D eigenvalue weighted by molar-refractivity contribution is -0.153. The van der Waals surface area contributed by atoms with Gasteiger partial charge in [-0.2, -0.15) is 0 Å². The number of esters is 4. The van der Waals surface area contributed by atoms with E-state index >= 15 is 0 Å². The molecule has 0 bridgehead atoms. The quantitative estimate of drug-likeness (QED) is 0.490. The largest absolute Gasteiger partial charge is 0.386 e. The second-order valence-corrected chi connectivity index (χ2v) is 5.20. The van der Waals surface area contributed by atoms with Gasteiger partial charge in [0.2, 0.25) is 0 Å². The highest BCUT2D eigenvalue weighted by Crippen LogP contribution is 2.40. The van der Waals surface area contributed by atoms with Crippen molar-refractivity contribution in [3.05, 3.63) is 33.9 Å². The summed E-state index contributed by atoms with van der Waals surface area (Å²) in [4.78, 5) is 47.3. The zero-order valence-corrected chi connectivity index (χ0v) is 11.5. The van der Waals surface area contributed by atoms with E-state index in [1.165, 1.54) is 0 Å². The zero-order valence-electron chi connectivity index (χ0n) is 11.5. The van der Waals surface area contributed by atoms with E-state index in [9.17, 15) is 19.2 Å². The van der Waals surface area contributed by atoms with E-state index in [0.29, 0.717) is 5.57 Å². The third kappa shape index (κ3) is 1.86. The van der Waals surface area contributed by atoms with Crippen LogP contribution in [0.1, 0.15) is 26.7 Å². The Hall–Kier alpha value is -2.50. The van der Waals surface area contributed by atoms with Gasteiger partial charge in [-0.1, -0.05) is 13.0 Å². The third-order valence-electron chi connectivity index (χ3n) is 3.95. The van der Waals surface area contributed by atoms with Crippen LogP contribution in [0.25, 0.3) is 0 Å². The molecule has 0 aromatic heterocycles. The lowest BCUT2D eigenvalue weighted by Crippen LogP contribution is -2.14. The molecule has 3 aliphatic rings. The van der Waals surface area contributed by atoms with Gasteiger partial charge < -0.3 is 9.47 Å². The third-order valence-corrected chi connectivity index (χ3v) is 3.95. The van der Waals surface area contributed by atoms with Crippen molar-refractivity contribution in [2.75, 3.05) is 0 Å². The van der Waals surface area contributed by atoms with E-state index in [-0.39, 0.29) is 41.1 Å². The molecule has 0 fully saturated rings. The Morgan fingerprint density at radius 1 is 0.952 bits per heavy atom. The minimum atomic E-state index is -0.697. The number of carbonyl (C=O) groups is 4. The maximum Gasteiger partial charge on any atom is 0.346 e. The highest BCUT2D eigenvalue weighted by atomic mass is 16.6. The molecule has 0 aromatic carbocycles. The molecule has 0 amide bonds. The Bertz CT molecular complexity index is 704. The van der Waals surface area contributed by atoms with Crippen LogP contribution in [-0.2, 0) is 28.7 Å². The van der Waals surface area contributed by atoms with Gasteiger partial charge in [0.1, 0.15) is 0 Å². The minimum Gasteiger partial charge on any atom is -0.386 e. The molecule has 0 aromatic rings. The molecular weight excluding hydrogens is 276 g/mol. The Kier molecular flexibility index (Phi) is 2.90. The van der Waals surface area contributed by atoms with Gasteiger partial charge in [0.15, 0.2) is 0 Å². The summed E-state index contributed by atoms with van der Waals surface area (Å²) in [6.45, 7) is 3.42. The van der Waals surface area contributed by atoms with Crippen LogP contribution in [0.4, 0.5) is 0 Å². The van der Waals surface area contributed by atoms with E-state index in [2.05, 4.69) is 9.47 Å². The van der Waals surface area contributed by atoms with Crippen molar-refractivity contribution in [2.45, 2.75) is 26.7 Å². The van der Waals surface area contributed by atoms with E-state index < -0.39 is 23.9 Å². The first kappa shape index (κ1) is 13.5. The normalized spacial score (nSPS) is 27.5. The second-order valence-electron chi connectivity index (χ2n) is 5.20. The average molecular weight is 288 g/mol. The van der Waals surface area contributed by atoms with Gasteiger partial charge in [0.05, 0.1) is 22.3 Å². The molecule has 3 rings (SSSR count). The first-order valence-corrected chi connectivity index (χ1v) is 6.58. The van der Waals surface area contributed by atoms with E-state index in [0.717, 1.165) is 0 Å². The predicted octanol–water partition coefficient (Wildman–Crippen LogP) is 1.12. The highest BCUT2D eigenvalue weighted by molar-refractivity contribution is 6.17. The summed E-state index contributed by atoms with van der Waals surface area (Å²) in [5, 5.41) is 0. The van der Waals surface area contributed by atoms with Gasteiger partial charge in [0, 0.05) is 6.42 Å². The summed E-state index contributed by atoms with van der Waals surface area (Å²) in [6, 6.07) is 0. The van der Waals surface area contributed by atoms with Crippen molar-refractivity contribution in [2.24, 2.45) is 5.92 Å². The summed E-state index contributed by atoms with van der Waals surface area (Å²) in [5.41, 5.74) is 1.54. The summed E-state index contributed by atoms with van der Waals surface area (Å²) >= 11 is 0. The van der Waals surface area contributed by atoms with Crippen molar-refractivity contribution in [3.63, 3.8) is 0 Å². The summed E-state index contributed by atoms with van der Waals surface area (Å²) in [7, 11) is 0. The molecule has 1 unspecified atom stereocenters.